The van der Waals surface area contributed by atoms with Gasteiger partial charge < -0.3 is 0 Å². The molecule has 50 valence electrons. The summed E-state index contributed by atoms with van der Waals surface area (Å²) in [6.45, 7) is 3.38. The average molecular weight is 151 g/mol. The lowest BCUT2D eigenvalue weighted by Crippen LogP contribution is -2.04. The molecule has 0 unspecified atom stereocenters. The third kappa shape index (κ3) is 3.64. The Labute approximate surface area is 60.5 Å². The molecule has 0 rings (SSSR count). The van der Waals surface area contributed by atoms with Crippen molar-refractivity contribution >= 4 is 23.9 Å². The van der Waals surface area contributed by atoms with Gasteiger partial charge in [0.15, 0.2) is 0 Å². The standard InChI is InChI=1S/C5H13NS2/c1-4-5-6(7-2)8-3/h4-5H2,1-3H3. The van der Waals surface area contributed by atoms with Crippen LogP contribution in [-0.4, -0.2) is 22.8 Å². The van der Waals surface area contributed by atoms with E-state index in [1.165, 1.54) is 13.0 Å². The van der Waals surface area contributed by atoms with Crippen molar-refractivity contribution in [3.8, 4) is 0 Å². The van der Waals surface area contributed by atoms with Gasteiger partial charge in [-0.15, -0.1) is 0 Å². The van der Waals surface area contributed by atoms with E-state index in [-0.39, 0.29) is 0 Å². The molecule has 0 aliphatic carbocycles. The molecule has 0 atom stereocenters. The van der Waals surface area contributed by atoms with Crippen molar-refractivity contribution in [2.75, 3.05) is 19.1 Å². The number of hydrogen-bond donors (Lipinski definition) is 0. The first kappa shape index (κ1) is 8.66. The van der Waals surface area contributed by atoms with Gasteiger partial charge >= 0.3 is 0 Å². The molecule has 3 heteroatoms. The lowest BCUT2D eigenvalue weighted by atomic mass is 10.5. The van der Waals surface area contributed by atoms with Crippen LogP contribution < -0.4 is 0 Å². The molecule has 0 aromatic rings. The summed E-state index contributed by atoms with van der Waals surface area (Å²) in [5.74, 6) is 0. The van der Waals surface area contributed by atoms with Crippen molar-refractivity contribution in [3.05, 3.63) is 0 Å². The molecule has 0 aromatic heterocycles. The Balaban J connectivity index is 3.07. The fraction of sp³-hybridized carbons (Fsp3) is 1.00. The molecular formula is C5H13NS2. The molecule has 0 aromatic carbocycles. The Hall–Kier alpha value is 0.660. The average Bonchev–Trinajstić information content (AvgIpc) is 1.83. The van der Waals surface area contributed by atoms with E-state index in [1.807, 2.05) is 0 Å². The van der Waals surface area contributed by atoms with E-state index in [1.54, 1.807) is 23.9 Å². The summed E-state index contributed by atoms with van der Waals surface area (Å²) in [5, 5.41) is 0. The van der Waals surface area contributed by atoms with Gasteiger partial charge in [0.2, 0.25) is 0 Å². The van der Waals surface area contributed by atoms with Crippen LogP contribution in [0, 0.1) is 0 Å². The third-order valence-electron chi connectivity index (χ3n) is 0.813. The molecule has 0 heterocycles. The van der Waals surface area contributed by atoms with Crippen LogP contribution in [0.1, 0.15) is 13.3 Å². The lowest BCUT2D eigenvalue weighted by molar-refractivity contribution is 0.713. The van der Waals surface area contributed by atoms with E-state index in [0.29, 0.717) is 0 Å². The zero-order valence-electron chi connectivity index (χ0n) is 5.68. The van der Waals surface area contributed by atoms with Crippen LogP contribution in [0.2, 0.25) is 0 Å². The van der Waals surface area contributed by atoms with Crippen LogP contribution in [0.25, 0.3) is 0 Å². The molecule has 0 fully saturated rings. The van der Waals surface area contributed by atoms with Crippen molar-refractivity contribution in [1.29, 1.82) is 0 Å². The smallest absolute Gasteiger partial charge is 0.0200 e. The maximum atomic E-state index is 2.26. The summed E-state index contributed by atoms with van der Waals surface area (Å²) in [6, 6.07) is 0. The highest BCUT2D eigenvalue weighted by Crippen LogP contribution is 2.15. The highest BCUT2D eigenvalue weighted by molar-refractivity contribution is 8.11. The monoisotopic (exact) mass is 151 g/mol. The fourth-order valence-electron chi connectivity index (χ4n) is 0.440. The van der Waals surface area contributed by atoms with Gasteiger partial charge in [0.05, 0.1) is 0 Å². The van der Waals surface area contributed by atoms with Crippen LogP contribution in [0.15, 0.2) is 0 Å². The van der Waals surface area contributed by atoms with Gasteiger partial charge in [-0.1, -0.05) is 30.8 Å². The van der Waals surface area contributed by atoms with Crippen molar-refractivity contribution in [3.63, 3.8) is 0 Å². The number of nitrogens with zero attached hydrogens (tertiary/aromatic N) is 1. The van der Waals surface area contributed by atoms with Crippen LogP contribution >= 0.6 is 23.9 Å². The van der Waals surface area contributed by atoms with Crippen LogP contribution in [0.3, 0.4) is 0 Å². The predicted octanol–water partition coefficient (Wildman–Crippen LogP) is 2.25. The lowest BCUT2D eigenvalue weighted by Gasteiger charge is -2.12. The SMILES string of the molecule is CCCN(SC)SC. The Morgan fingerprint density at radius 2 is 1.75 bits per heavy atom. The molecule has 0 saturated carbocycles. The first-order chi connectivity index (χ1) is 3.85. The topological polar surface area (TPSA) is 3.24 Å². The molecule has 0 bridgehead atoms. The second-order valence-electron chi connectivity index (χ2n) is 1.42. The largest absolute Gasteiger partial charge is 0.195 e. The van der Waals surface area contributed by atoms with Crippen molar-refractivity contribution in [2.45, 2.75) is 13.3 Å². The Bertz CT molecular complexity index is 45.7. The van der Waals surface area contributed by atoms with E-state index < -0.39 is 0 Å². The first-order valence-corrected chi connectivity index (χ1v) is 5.07. The van der Waals surface area contributed by atoms with E-state index >= 15 is 0 Å². The van der Waals surface area contributed by atoms with Crippen molar-refractivity contribution in [2.24, 2.45) is 0 Å². The number of rotatable bonds is 4. The van der Waals surface area contributed by atoms with E-state index in [0.717, 1.165) is 0 Å². The summed E-state index contributed by atoms with van der Waals surface area (Å²) in [5.41, 5.74) is 0. The second-order valence-corrected chi connectivity index (χ2v) is 3.26. The molecule has 8 heavy (non-hydrogen) atoms. The quantitative estimate of drug-likeness (QED) is 0.567. The Morgan fingerprint density at radius 3 is 1.88 bits per heavy atom. The summed E-state index contributed by atoms with van der Waals surface area (Å²) in [6.07, 6.45) is 5.44. The predicted molar refractivity (Wildman–Crippen MR) is 44.0 cm³/mol. The molecule has 0 aliphatic heterocycles. The van der Waals surface area contributed by atoms with E-state index in [9.17, 15) is 0 Å². The van der Waals surface area contributed by atoms with Crippen molar-refractivity contribution in [1.82, 2.24) is 3.71 Å². The van der Waals surface area contributed by atoms with Gasteiger partial charge in [-0.05, 0) is 18.9 Å². The van der Waals surface area contributed by atoms with Gasteiger partial charge in [-0.25, -0.2) is 0 Å². The van der Waals surface area contributed by atoms with Gasteiger partial charge in [0.25, 0.3) is 0 Å². The van der Waals surface area contributed by atoms with E-state index in [2.05, 4.69) is 23.1 Å². The minimum atomic E-state index is 1.18. The Kier molecular flexibility index (Phi) is 6.27. The van der Waals surface area contributed by atoms with Gasteiger partial charge in [0.1, 0.15) is 0 Å². The third-order valence-corrected chi connectivity index (χ3v) is 2.89. The fourth-order valence-corrected chi connectivity index (χ4v) is 1.77. The second kappa shape index (κ2) is 5.79. The summed E-state index contributed by atoms with van der Waals surface area (Å²) in [4.78, 5) is 0. The Morgan fingerprint density at radius 1 is 1.25 bits per heavy atom. The normalized spacial score (nSPS) is 10.5. The summed E-state index contributed by atoms with van der Waals surface area (Å²) < 4.78 is 2.26. The molecule has 0 aliphatic rings. The van der Waals surface area contributed by atoms with Gasteiger partial charge in [-0.3, -0.25) is 0 Å². The van der Waals surface area contributed by atoms with Gasteiger partial charge in [0, 0.05) is 6.54 Å². The number of hydrogen-bond acceptors (Lipinski definition) is 3. The highest BCUT2D eigenvalue weighted by Gasteiger charge is 1.95. The summed E-state index contributed by atoms with van der Waals surface area (Å²) in [7, 11) is 0. The molecule has 1 nitrogen and oxygen atoms in total. The maximum absolute atomic E-state index is 2.26. The minimum absolute atomic E-state index is 1.18. The first-order valence-electron chi connectivity index (χ1n) is 2.70. The molecule has 0 amide bonds. The molecule has 0 saturated heterocycles. The zero-order valence-corrected chi connectivity index (χ0v) is 7.31. The molecule has 0 spiro atoms. The maximum Gasteiger partial charge on any atom is 0.0200 e. The van der Waals surface area contributed by atoms with Crippen LogP contribution in [0.4, 0.5) is 0 Å². The highest BCUT2D eigenvalue weighted by atomic mass is 32.2. The van der Waals surface area contributed by atoms with Gasteiger partial charge in [-0.2, -0.15) is 3.71 Å². The molecule has 0 radical (unpaired) electrons. The van der Waals surface area contributed by atoms with Crippen LogP contribution in [-0.2, 0) is 0 Å². The van der Waals surface area contributed by atoms with Crippen LogP contribution in [0.5, 0.6) is 0 Å². The van der Waals surface area contributed by atoms with E-state index in [4.69, 9.17) is 0 Å². The van der Waals surface area contributed by atoms with Crippen molar-refractivity contribution < 1.29 is 0 Å². The zero-order chi connectivity index (χ0) is 6.41. The molecular weight excluding hydrogens is 138 g/mol. The molecule has 0 N–H and O–H groups in total. The minimum Gasteiger partial charge on any atom is -0.195 e. The summed E-state index contributed by atoms with van der Waals surface area (Å²) >= 11 is 3.58.